The molecule has 1 aromatic heterocycles. The number of aliphatic hydroxyl groups excluding tert-OH is 1. The van der Waals surface area contributed by atoms with Crippen LogP contribution < -0.4 is 0 Å². The van der Waals surface area contributed by atoms with Crippen molar-refractivity contribution in [2.45, 2.75) is 69.0 Å². The number of hydrogen-bond donors (Lipinski definition) is 1. The molecule has 0 amide bonds. The van der Waals surface area contributed by atoms with Crippen molar-refractivity contribution in [2.24, 2.45) is 0 Å². The molecule has 1 aliphatic rings. The van der Waals surface area contributed by atoms with Gasteiger partial charge in [0.25, 0.3) is 0 Å². The highest BCUT2D eigenvalue weighted by Crippen LogP contribution is 2.32. The van der Waals surface area contributed by atoms with Crippen molar-refractivity contribution in [3.05, 3.63) is 11.7 Å². The largest absolute Gasteiger partial charge is 0.393 e. The molecule has 0 unspecified atom stereocenters. The quantitative estimate of drug-likeness (QED) is 0.914. The Kier molecular flexibility index (Phi) is 4.33. The lowest BCUT2D eigenvalue weighted by Gasteiger charge is -2.22. The van der Waals surface area contributed by atoms with E-state index in [0.717, 1.165) is 43.2 Å². The molecule has 4 nitrogen and oxygen atoms in total. The Morgan fingerprint density at radius 2 is 1.94 bits per heavy atom. The predicted octanol–water partition coefficient (Wildman–Crippen LogP) is 3.12. The molecule has 1 fully saturated rings. The number of aliphatic hydroxyl groups is 1. The lowest BCUT2D eigenvalue weighted by atomic mass is 9.87. The van der Waals surface area contributed by atoms with Crippen LogP contribution in [0.5, 0.6) is 0 Å². The molecule has 1 heterocycles. The molecule has 0 bridgehead atoms. The molecular weight excluding hydrogens is 248 g/mol. The van der Waals surface area contributed by atoms with Gasteiger partial charge in [-0.05, 0) is 25.7 Å². The average Bonchev–Trinajstić information content (AvgIpc) is 2.75. The van der Waals surface area contributed by atoms with E-state index in [1.165, 1.54) is 0 Å². The smallest absolute Gasteiger partial charge is 0.229 e. The molecule has 102 valence electrons. The van der Waals surface area contributed by atoms with Gasteiger partial charge in [0.2, 0.25) is 5.89 Å². The molecule has 1 N–H and O–H groups in total. The van der Waals surface area contributed by atoms with Crippen LogP contribution >= 0.6 is 11.8 Å². The molecule has 2 rings (SSSR count). The second-order valence-corrected chi connectivity index (χ2v) is 7.76. The Labute approximate surface area is 113 Å². The summed E-state index contributed by atoms with van der Waals surface area (Å²) in [5.74, 6) is 2.68. The third kappa shape index (κ3) is 3.99. The van der Waals surface area contributed by atoms with Gasteiger partial charge in [0.1, 0.15) is 0 Å². The zero-order chi connectivity index (χ0) is 13.2. The van der Waals surface area contributed by atoms with Gasteiger partial charge < -0.3 is 9.63 Å². The molecule has 18 heavy (non-hydrogen) atoms. The van der Waals surface area contributed by atoms with Crippen LogP contribution in [0.4, 0.5) is 0 Å². The summed E-state index contributed by atoms with van der Waals surface area (Å²) in [5, 5.41) is 13.5. The number of aromatic nitrogens is 2. The van der Waals surface area contributed by atoms with Gasteiger partial charge in [0, 0.05) is 10.7 Å². The molecule has 0 aliphatic heterocycles. The van der Waals surface area contributed by atoms with E-state index in [9.17, 15) is 5.11 Å². The van der Waals surface area contributed by atoms with Gasteiger partial charge >= 0.3 is 0 Å². The third-order valence-electron chi connectivity index (χ3n) is 3.16. The summed E-state index contributed by atoms with van der Waals surface area (Å²) in [6.45, 7) is 6.55. The topological polar surface area (TPSA) is 59.2 Å². The van der Waals surface area contributed by atoms with E-state index >= 15 is 0 Å². The zero-order valence-electron chi connectivity index (χ0n) is 11.3. The summed E-state index contributed by atoms with van der Waals surface area (Å²) in [6.07, 6.45) is 3.46. The SMILES string of the molecule is CC(C)(C)SCc1noc(C2CCC(O)CC2)n1. The van der Waals surface area contributed by atoms with Crippen LogP contribution in [0, 0.1) is 0 Å². The normalized spacial score (nSPS) is 25.3. The fraction of sp³-hybridized carbons (Fsp3) is 0.846. The molecule has 0 aromatic carbocycles. The lowest BCUT2D eigenvalue weighted by molar-refractivity contribution is 0.116. The molecule has 1 aliphatic carbocycles. The molecular formula is C13H22N2O2S. The second kappa shape index (κ2) is 5.61. The Hall–Kier alpha value is -0.550. The van der Waals surface area contributed by atoms with E-state index in [1.54, 1.807) is 0 Å². The van der Waals surface area contributed by atoms with Crippen LogP contribution in [0.15, 0.2) is 4.52 Å². The third-order valence-corrected chi connectivity index (χ3v) is 4.43. The minimum absolute atomic E-state index is 0.139. The van der Waals surface area contributed by atoms with Crippen LogP contribution in [-0.4, -0.2) is 26.1 Å². The summed E-state index contributed by atoms with van der Waals surface area (Å²) < 4.78 is 5.57. The number of rotatable bonds is 3. The van der Waals surface area contributed by atoms with Gasteiger partial charge in [0.05, 0.1) is 11.9 Å². The summed E-state index contributed by atoms with van der Waals surface area (Å²) in [5.41, 5.74) is 0. The Bertz CT molecular complexity index is 379. The minimum Gasteiger partial charge on any atom is -0.393 e. The van der Waals surface area contributed by atoms with E-state index in [4.69, 9.17) is 4.52 Å². The minimum atomic E-state index is -0.139. The lowest BCUT2D eigenvalue weighted by Crippen LogP contribution is -2.17. The number of nitrogens with zero attached hydrogens (tertiary/aromatic N) is 2. The van der Waals surface area contributed by atoms with Gasteiger partial charge in [-0.1, -0.05) is 25.9 Å². The summed E-state index contributed by atoms with van der Waals surface area (Å²) >= 11 is 1.82. The van der Waals surface area contributed by atoms with Crippen molar-refractivity contribution in [3.63, 3.8) is 0 Å². The first kappa shape index (κ1) is 13.9. The highest BCUT2D eigenvalue weighted by atomic mass is 32.2. The van der Waals surface area contributed by atoms with Crippen LogP contribution in [0.1, 0.15) is 64.1 Å². The van der Waals surface area contributed by atoms with Crippen LogP contribution in [-0.2, 0) is 5.75 Å². The maximum Gasteiger partial charge on any atom is 0.229 e. The monoisotopic (exact) mass is 270 g/mol. The Morgan fingerprint density at radius 3 is 2.56 bits per heavy atom. The molecule has 5 heteroatoms. The van der Waals surface area contributed by atoms with Crippen molar-refractivity contribution in [2.75, 3.05) is 0 Å². The van der Waals surface area contributed by atoms with Gasteiger partial charge in [-0.25, -0.2) is 0 Å². The van der Waals surface area contributed by atoms with E-state index in [2.05, 4.69) is 30.9 Å². The van der Waals surface area contributed by atoms with E-state index in [-0.39, 0.29) is 10.9 Å². The average molecular weight is 270 g/mol. The predicted molar refractivity (Wildman–Crippen MR) is 72.6 cm³/mol. The Balaban J connectivity index is 1.90. The standard InChI is InChI=1S/C13H22N2O2S/c1-13(2,3)18-8-11-14-12(17-15-11)9-4-6-10(16)7-5-9/h9-10,16H,4-8H2,1-3H3. The van der Waals surface area contributed by atoms with E-state index in [0.29, 0.717) is 5.92 Å². The number of thioether (sulfide) groups is 1. The summed E-state index contributed by atoms with van der Waals surface area (Å²) in [7, 11) is 0. The summed E-state index contributed by atoms with van der Waals surface area (Å²) in [6, 6.07) is 0. The van der Waals surface area contributed by atoms with Crippen molar-refractivity contribution >= 4 is 11.8 Å². The molecule has 0 radical (unpaired) electrons. The molecule has 0 atom stereocenters. The first-order chi connectivity index (χ1) is 8.44. The van der Waals surface area contributed by atoms with Crippen molar-refractivity contribution in [3.8, 4) is 0 Å². The highest BCUT2D eigenvalue weighted by Gasteiger charge is 2.25. The fourth-order valence-corrected chi connectivity index (χ4v) is 2.78. The maximum absolute atomic E-state index is 9.48. The molecule has 1 saturated carbocycles. The van der Waals surface area contributed by atoms with Gasteiger partial charge in [-0.2, -0.15) is 4.98 Å². The number of hydrogen-bond acceptors (Lipinski definition) is 5. The van der Waals surface area contributed by atoms with Crippen LogP contribution in [0.3, 0.4) is 0 Å². The van der Waals surface area contributed by atoms with Crippen molar-refractivity contribution < 1.29 is 9.63 Å². The van der Waals surface area contributed by atoms with Gasteiger partial charge in [-0.3, -0.25) is 0 Å². The molecule has 0 saturated heterocycles. The van der Waals surface area contributed by atoms with Crippen molar-refractivity contribution in [1.82, 2.24) is 10.1 Å². The maximum atomic E-state index is 9.48. The first-order valence-corrected chi connectivity index (χ1v) is 7.57. The highest BCUT2D eigenvalue weighted by molar-refractivity contribution is 7.99. The Morgan fingerprint density at radius 1 is 1.28 bits per heavy atom. The van der Waals surface area contributed by atoms with Crippen LogP contribution in [0.25, 0.3) is 0 Å². The van der Waals surface area contributed by atoms with Crippen LogP contribution in [0.2, 0.25) is 0 Å². The summed E-state index contributed by atoms with van der Waals surface area (Å²) in [4.78, 5) is 4.48. The fourth-order valence-electron chi connectivity index (χ4n) is 2.10. The second-order valence-electron chi connectivity index (χ2n) is 5.96. The van der Waals surface area contributed by atoms with Crippen molar-refractivity contribution in [1.29, 1.82) is 0 Å². The van der Waals surface area contributed by atoms with E-state index < -0.39 is 0 Å². The zero-order valence-corrected chi connectivity index (χ0v) is 12.2. The van der Waals surface area contributed by atoms with Gasteiger partial charge in [0.15, 0.2) is 5.82 Å². The molecule has 1 aromatic rings. The van der Waals surface area contributed by atoms with Gasteiger partial charge in [-0.15, -0.1) is 11.8 Å². The van der Waals surface area contributed by atoms with E-state index in [1.807, 2.05) is 11.8 Å². The molecule has 0 spiro atoms. The first-order valence-electron chi connectivity index (χ1n) is 6.58.